The standard InChI is InChI=1S/C14H20F3NOS/c1-4-18-8-11-5-6-12(20-10(3)9(2)19)7-13(11)14(15,16)17/h5-7,9-10,18-19H,4,8H2,1-3H3. The maximum absolute atomic E-state index is 13.1. The van der Waals surface area contributed by atoms with Crippen molar-refractivity contribution in [3.63, 3.8) is 0 Å². The molecule has 0 amide bonds. The second-order valence-corrected chi connectivity index (χ2v) is 6.11. The Balaban J connectivity index is 3.01. The third-order valence-corrected chi connectivity index (χ3v) is 4.25. The largest absolute Gasteiger partial charge is 0.416 e. The molecular formula is C14H20F3NOS. The van der Waals surface area contributed by atoms with Gasteiger partial charge in [-0.05, 0) is 31.2 Å². The zero-order chi connectivity index (χ0) is 15.3. The fourth-order valence-corrected chi connectivity index (χ4v) is 2.58. The minimum Gasteiger partial charge on any atom is -0.392 e. The molecule has 1 aromatic carbocycles. The molecule has 0 aliphatic carbocycles. The molecule has 0 saturated carbocycles. The summed E-state index contributed by atoms with van der Waals surface area (Å²) in [7, 11) is 0. The van der Waals surface area contributed by atoms with Crippen LogP contribution in [0.2, 0.25) is 0 Å². The molecule has 6 heteroatoms. The summed E-state index contributed by atoms with van der Waals surface area (Å²) in [6, 6.07) is 4.34. The monoisotopic (exact) mass is 307 g/mol. The second-order valence-electron chi connectivity index (χ2n) is 4.66. The molecule has 0 spiro atoms. The summed E-state index contributed by atoms with van der Waals surface area (Å²) in [5.41, 5.74) is -0.366. The minimum absolute atomic E-state index is 0.157. The van der Waals surface area contributed by atoms with Crippen LogP contribution in [0.1, 0.15) is 31.9 Å². The van der Waals surface area contributed by atoms with Crippen LogP contribution in [-0.4, -0.2) is 23.0 Å². The van der Waals surface area contributed by atoms with E-state index in [1.54, 1.807) is 19.9 Å². The molecule has 2 atom stereocenters. The molecule has 0 aromatic heterocycles. The van der Waals surface area contributed by atoms with Gasteiger partial charge in [-0.25, -0.2) is 0 Å². The van der Waals surface area contributed by atoms with E-state index in [0.29, 0.717) is 11.4 Å². The van der Waals surface area contributed by atoms with Crippen LogP contribution in [0.5, 0.6) is 0 Å². The number of alkyl halides is 3. The van der Waals surface area contributed by atoms with E-state index in [4.69, 9.17) is 0 Å². The number of aliphatic hydroxyl groups is 1. The van der Waals surface area contributed by atoms with Gasteiger partial charge in [-0.1, -0.05) is 19.9 Å². The van der Waals surface area contributed by atoms with Gasteiger partial charge in [0.05, 0.1) is 11.7 Å². The Morgan fingerprint density at radius 3 is 2.45 bits per heavy atom. The predicted octanol–water partition coefficient (Wildman–Crippen LogP) is 3.68. The quantitative estimate of drug-likeness (QED) is 0.786. The van der Waals surface area contributed by atoms with Crippen LogP contribution in [0.15, 0.2) is 23.1 Å². The Morgan fingerprint density at radius 1 is 1.30 bits per heavy atom. The first-order valence-electron chi connectivity index (χ1n) is 6.51. The molecule has 0 aliphatic rings. The van der Waals surface area contributed by atoms with Gasteiger partial charge in [0.15, 0.2) is 0 Å². The first-order valence-corrected chi connectivity index (χ1v) is 7.39. The van der Waals surface area contributed by atoms with E-state index in [-0.39, 0.29) is 17.4 Å². The second kappa shape index (κ2) is 7.33. The molecule has 0 bridgehead atoms. The van der Waals surface area contributed by atoms with Crippen LogP contribution in [0.25, 0.3) is 0 Å². The van der Waals surface area contributed by atoms with E-state index in [1.807, 2.05) is 6.92 Å². The van der Waals surface area contributed by atoms with Gasteiger partial charge in [-0.3, -0.25) is 0 Å². The lowest BCUT2D eigenvalue weighted by molar-refractivity contribution is -0.138. The third-order valence-electron chi connectivity index (χ3n) is 2.95. The molecule has 1 rings (SSSR count). The zero-order valence-corrected chi connectivity index (χ0v) is 12.6. The first-order chi connectivity index (χ1) is 9.25. The molecular weight excluding hydrogens is 287 g/mol. The van der Waals surface area contributed by atoms with Crippen molar-refractivity contribution in [2.24, 2.45) is 0 Å². The van der Waals surface area contributed by atoms with E-state index in [9.17, 15) is 18.3 Å². The van der Waals surface area contributed by atoms with Crippen molar-refractivity contribution in [2.45, 2.75) is 49.7 Å². The van der Waals surface area contributed by atoms with Gasteiger partial charge in [-0.15, -0.1) is 11.8 Å². The van der Waals surface area contributed by atoms with Gasteiger partial charge < -0.3 is 10.4 Å². The Kier molecular flexibility index (Phi) is 6.36. The van der Waals surface area contributed by atoms with Gasteiger partial charge in [0.2, 0.25) is 0 Å². The number of benzene rings is 1. The Morgan fingerprint density at radius 2 is 1.95 bits per heavy atom. The summed E-state index contributed by atoms with van der Waals surface area (Å²) in [4.78, 5) is 0.519. The van der Waals surface area contributed by atoms with E-state index >= 15 is 0 Å². The van der Waals surface area contributed by atoms with Crippen molar-refractivity contribution in [1.29, 1.82) is 0 Å². The number of nitrogens with one attached hydrogen (secondary N) is 1. The van der Waals surface area contributed by atoms with Crippen LogP contribution in [0, 0.1) is 0 Å². The lowest BCUT2D eigenvalue weighted by Gasteiger charge is -2.17. The molecule has 1 aromatic rings. The van der Waals surface area contributed by atoms with E-state index in [2.05, 4.69) is 5.32 Å². The Bertz CT molecular complexity index is 435. The third kappa shape index (κ3) is 5.00. The van der Waals surface area contributed by atoms with E-state index in [0.717, 1.165) is 6.07 Å². The van der Waals surface area contributed by atoms with Crippen molar-refractivity contribution in [3.8, 4) is 0 Å². The summed E-state index contributed by atoms with van der Waals surface area (Å²) >= 11 is 1.24. The molecule has 0 radical (unpaired) electrons. The van der Waals surface area contributed by atoms with Crippen LogP contribution < -0.4 is 5.32 Å². The van der Waals surface area contributed by atoms with E-state index in [1.165, 1.54) is 17.8 Å². The summed E-state index contributed by atoms with van der Waals surface area (Å²) in [6.45, 7) is 6.08. The van der Waals surface area contributed by atoms with Crippen LogP contribution in [-0.2, 0) is 12.7 Å². The summed E-state index contributed by atoms with van der Waals surface area (Å²) in [6.07, 6.45) is -4.94. The van der Waals surface area contributed by atoms with Crippen LogP contribution in [0.3, 0.4) is 0 Å². The van der Waals surface area contributed by atoms with Crippen molar-refractivity contribution in [3.05, 3.63) is 29.3 Å². The number of aliphatic hydroxyl groups excluding tert-OH is 1. The SMILES string of the molecule is CCNCc1ccc(SC(C)C(C)O)cc1C(F)(F)F. The van der Waals surface area contributed by atoms with Gasteiger partial charge in [0.1, 0.15) is 0 Å². The van der Waals surface area contributed by atoms with Crippen molar-refractivity contribution in [1.82, 2.24) is 5.32 Å². The van der Waals surface area contributed by atoms with Gasteiger partial charge >= 0.3 is 6.18 Å². The van der Waals surface area contributed by atoms with Crippen molar-refractivity contribution < 1.29 is 18.3 Å². The number of thioether (sulfide) groups is 1. The molecule has 2 unspecified atom stereocenters. The highest BCUT2D eigenvalue weighted by Crippen LogP contribution is 2.36. The van der Waals surface area contributed by atoms with Gasteiger partial charge in [-0.2, -0.15) is 13.2 Å². The van der Waals surface area contributed by atoms with Crippen LogP contribution in [0.4, 0.5) is 13.2 Å². The molecule has 20 heavy (non-hydrogen) atoms. The molecule has 2 nitrogen and oxygen atoms in total. The lowest BCUT2D eigenvalue weighted by Crippen LogP contribution is -2.18. The number of rotatable bonds is 6. The highest BCUT2D eigenvalue weighted by Gasteiger charge is 2.33. The fourth-order valence-electron chi connectivity index (χ4n) is 1.62. The molecule has 0 heterocycles. The van der Waals surface area contributed by atoms with Gasteiger partial charge in [0, 0.05) is 16.7 Å². The Labute approximate surface area is 121 Å². The van der Waals surface area contributed by atoms with Crippen LogP contribution >= 0.6 is 11.8 Å². The lowest BCUT2D eigenvalue weighted by atomic mass is 10.1. The molecule has 2 N–H and O–H groups in total. The summed E-state index contributed by atoms with van der Waals surface area (Å²) in [5, 5.41) is 12.2. The normalized spacial score (nSPS) is 15.2. The van der Waals surface area contributed by atoms with Gasteiger partial charge in [0.25, 0.3) is 0 Å². The van der Waals surface area contributed by atoms with Crippen molar-refractivity contribution >= 4 is 11.8 Å². The number of halogens is 3. The summed E-state index contributed by atoms with van der Waals surface area (Å²) < 4.78 is 39.2. The highest BCUT2D eigenvalue weighted by atomic mass is 32.2. The fraction of sp³-hybridized carbons (Fsp3) is 0.571. The maximum atomic E-state index is 13.1. The van der Waals surface area contributed by atoms with E-state index < -0.39 is 17.8 Å². The highest BCUT2D eigenvalue weighted by molar-refractivity contribution is 8.00. The first kappa shape index (κ1) is 17.3. The minimum atomic E-state index is -4.37. The average Bonchev–Trinajstić information content (AvgIpc) is 2.35. The zero-order valence-electron chi connectivity index (χ0n) is 11.8. The molecule has 0 saturated heterocycles. The average molecular weight is 307 g/mol. The predicted molar refractivity (Wildman–Crippen MR) is 75.8 cm³/mol. The molecule has 0 fully saturated rings. The molecule has 0 aliphatic heterocycles. The topological polar surface area (TPSA) is 32.3 Å². The smallest absolute Gasteiger partial charge is 0.392 e. The maximum Gasteiger partial charge on any atom is 0.416 e. The van der Waals surface area contributed by atoms with Crippen molar-refractivity contribution in [2.75, 3.05) is 6.54 Å². The molecule has 114 valence electrons. The summed E-state index contributed by atoms with van der Waals surface area (Å²) in [5.74, 6) is 0. The number of hydrogen-bond acceptors (Lipinski definition) is 3. The number of hydrogen-bond donors (Lipinski definition) is 2. The Hall–Kier alpha value is -0.720.